The molecule has 0 bridgehead atoms. The van der Waals surface area contributed by atoms with Crippen LogP contribution in [0.5, 0.6) is 0 Å². The number of carbonyl (C=O) groups is 2. The monoisotopic (exact) mass is 403 g/mol. The van der Waals surface area contributed by atoms with E-state index in [9.17, 15) is 14.4 Å². The Labute approximate surface area is 150 Å². The molecule has 3 rings (SSSR count). The summed E-state index contributed by atoms with van der Waals surface area (Å²) in [7, 11) is 0. The first-order chi connectivity index (χ1) is 12.0. The van der Waals surface area contributed by atoms with Gasteiger partial charge in [-0.1, -0.05) is 28.1 Å². The molecule has 0 saturated carbocycles. The summed E-state index contributed by atoms with van der Waals surface area (Å²) in [6, 6.07) is 12.2. The molecule has 0 unspecified atom stereocenters. The van der Waals surface area contributed by atoms with E-state index in [2.05, 4.69) is 31.2 Å². The number of amides is 1. The van der Waals surface area contributed by atoms with Gasteiger partial charge < -0.3 is 20.0 Å². The summed E-state index contributed by atoms with van der Waals surface area (Å²) >= 11 is 3.32. The van der Waals surface area contributed by atoms with Gasteiger partial charge in [0.25, 0.3) is 5.91 Å². The zero-order valence-corrected chi connectivity index (χ0v) is 14.6. The van der Waals surface area contributed by atoms with Gasteiger partial charge in [0.2, 0.25) is 0 Å². The lowest BCUT2D eigenvalue weighted by Crippen LogP contribution is -2.21. The first kappa shape index (κ1) is 17.0. The molecule has 0 atom stereocenters. The lowest BCUT2D eigenvalue weighted by atomic mass is 10.2. The van der Waals surface area contributed by atoms with Crippen LogP contribution in [0.1, 0.15) is 5.56 Å². The summed E-state index contributed by atoms with van der Waals surface area (Å²) in [6.07, 6.45) is 0.0944. The maximum atomic E-state index is 11.9. The van der Waals surface area contributed by atoms with E-state index in [1.165, 1.54) is 0 Å². The minimum absolute atomic E-state index is 0.0944. The molecule has 3 N–H and O–H groups in total. The van der Waals surface area contributed by atoms with Crippen molar-refractivity contribution in [2.45, 2.75) is 6.42 Å². The summed E-state index contributed by atoms with van der Waals surface area (Å²) in [5.41, 5.74) is 2.20. The van der Waals surface area contributed by atoms with Gasteiger partial charge in [0.1, 0.15) is 0 Å². The summed E-state index contributed by atoms with van der Waals surface area (Å²) in [5, 5.41) is 2.61. The van der Waals surface area contributed by atoms with E-state index in [1.54, 1.807) is 30.3 Å². The number of nitrogens with one attached hydrogen (secondary N) is 3. The minimum atomic E-state index is -0.483. The van der Waals surface area contributed by atoms with Gasteiger partial charge in [0, 0.05) is 10.2 Å². The molecule has 0 aliphatic carbocycles. The topological polar surface area (TPSA) is 104 Å². The molecule has 8 heteroatoms. The molecule has 0 aliphatic heterocycles. The summed E-state index contributed by atoms with van der Waals surface area (Å²) in [6.45, 7) is -0.378. The maximum absolute atomic E-state index is 11.9. The number of H-pyrrole nitrogens is 2. The van der Waals surface area contributed by atoms with Crippen LogP contribution in [-0.2, 0) is 20.7 Å². The fourth-order valence-electron chi connectivity index (χ4n) is 2.27. The predicted molar refractivity (Wildman–Crippen MR) is 96.4 cm³/mol. The third-order valence-electron chi connectivity index (χ3n) is 3.43. The highest BCUT2D eigenvalue weighted by molar-refractivity contribution is 9.10. The summed E-state index contributed by atoms with van der Waals surface area (Å²) in [4.78, 5) is 40.1. The van der Waals surface area contributed by atoms with Gasteiger partial charge >= 0.3 is 11.7 Å². The fraction of sp³-hybridized carbons (Fsp3) is 0.118. The molecule has 1 heterocycles. The Morgan fingerprint density at radius 2 is 1.76 bits per heavy atom. The van der Waals surface area contributed by atoms with Crippen LogP contribution in [0.4, 0.5) is 5.69 Å². The Morgan fingerprint density at radius 1 is 1.04 bits per heavy atom. The average molecular weight is 404 g/mol. The summed E-state index contributed by atoms with van der Waals surface area (Å²) in [5.74, 6) is -0.940. The number of carbonyl (C=O) groups excluding carboxylic acids is 2. The van der Waals surface area contributed by atoms with Crippen LogP contribution < -0.4 is 11.0 Å². The van der Waals surface area contributed by atoms with Crippen LogP contribution in [0.3, 0.4) is 0 Å². The second-order valence-electron chi connectivity index (χ2n) is 5.35. The number of benzene rings is 2. The Hall–Kier alpha value is -2.87. The lowest BCUT2D eigenvalue weighted by molar-refractivity contribution is -0.146. The minimum Gasteiger partial charge on any atom is -0.455 e. The molecule has 0 aliphatic rings. The van der Waals surface area contributed by atoms with E-state index < -0.39 is 11.9 Å². The van der Waals surface area contributed by atoms with E-state index in [4.69, 9.17) is 4.74 Å². The van der Waals surface area contributed by atoms with Gasteiger partial charge in [-0.25, -0.2) is 4.79 Å². The number of imidazole rings is 1. The van der Waals surface area contributed by atoms with Crippen molar-refractivity contribution in [1.29, 1.82) is 0 Å². The van der Waals surface area contributed by atoms with E-state index >= 15 is 0 Å². The molecule has 0 saturated heterocycles. The van der Waals surface area contributed by atoms with Crippen LogP contribution in [0, 0.1) is 0 Å². The second kappa shape index (κ2) is 7.35. The highest BCUT2D eigenvalue weighted by Crippen LogP contribution is 2.14. The second-order valence-corrected chi connectivity index (χ2v) is 6.27. The van der Waals surface area contributed by atoms with Gasteiger partial charge in [0.05, 0.1) is 17.5 Å². The van der Waals surface area contributed by atoms with Gasteiger partial charge in [-0.05, 0) is 35.9 Å². The van der Waals surface area contributed by atoms with Crippen molar-refractivity contribution >= 4 is 44.5 Å². The molecular weight excluding hydrogens is 390 g/mol. The molecular formula is C17H14BrN3O4. The largest absolute Gasteiger partial charge is 0.455 e. The fourth-order valence-corrected chi connectivity index (χ4v) is 2.54. The maximum Gasteiger partial charge on any atom is 0.323 e. The van der Waals surface area contributed by atoms with Gasteiger partial charge in [-0.15, -0.1) is 0 Å². The normalized spacial score (nSPS) is 10.6. The highest BCUT2D eigenvalue weighted by Gasteiger charge is 2.09. The third kappa shape index (κ3) is 4.57. The lowest BCUT2D eigenvalue weighted by Gasteiger charge is -2.07. The molecule has 3 aromatic rings. The highest BCUT2D eigenvalue weighted by atomic mass is 79.9. The molecule has 0 fully saturated rings. The van der Waals surface area contributed by atoms with Crippen molar-refractivity contribution in [2.75, 3.05) is 11.9 Å². The zero-order chi connectivity index (χ0) is 17.8. The first-order valence-corrected chi connectivity index (χ1v) is 8.21. The van der Waals surface area contributed by atoms with E-state index in [0.717, 1.165) is 10.0 Å². The first-order valence-electron chi connectivity index (χ1n) is 7.41. The number of rotatable bonds is 5. The molecule has 0 spiro atoms. The van der Waals surface area contributed by atoms with Crippen molar-refractivity contribution in [3.8, 4) is 0 Å². The van der Waals surface area contributed by atoms with Crippen LogP contribution in [0.15, 0.2) is 51.7 Å². The Morgan fingerprint density at radius 3 is 2.52 bits per heavy atom. The van der Waals surface area contributed by atoms with Crippen LogP contribution in [-0.4, -0.2) is 28.5 Å². The smallest absolute Gasteiger partial charge is 0.323 e. The quantitative estimate of drug-likeness (QED) is 0.568. The number of esters is 1. The van der Waals surface area contributed by atoms with Crippen molar-refractivity contribution in [3.05, 3.63) is 63.0 Å². The average Bonchev–Trinajstić information content (AvgIpc) is 2.94. The molecule has 128 valence electrons. The Kier molecular flexibility index (Phi) is 4.99. The Bertz CT molecular complexity index is 975. The van der Waals surface area contributed by atoms with Gasteiger partial charge in [-0.3, -0.25) is 9.59 Å². The van der Waals surface area contributed by atoms with Crippen LogP contribution in [0.25, 0.3) is 11.0 Å². The van der Waals surface area contributed by atoms with Gasteiger partial charge in [-0.2, -0.15) is 0 Å². The Balaban J connectivity index is 1.52. The number of ether oxygens (including phenoxy) is 1. The predicted octanol–water partition coefficient (Wildman–Crippen LogP) is 2.34. The molecule has 2 aromatic carbocycles. The van der Waals surface area contributed by atoms with E-state index in [1.807, 2.05) is 12.1 Å². The number of hydrogen-bond donors (Lipinski definition) is 3. The van der Waals surface area contributed by atoms with Crippen molar-refractivity contribution < 1.29 is 14.3 Å². The number of halogens is 1. The standard InChI is InChI=1S/C17H14BrN3O4/c18-11-3-1-10(2-4-11)7-16(23)25-9-15(22)19-12-5-6-13-14(8-12)21-17(24)20-13/h1-6,8H,7,9H2,(H,19,22)(H2,20,21,24). The number of aromatic nitrogens is 2. The number of hydrogen-bond acceptors (Lipinski definition) is 4. The van der Waals surface area contributed by atoms with Crippen molar-refractivity contribution in [3.63, 3.8) is 0 Å². The molecule has 0 radical (unpaired) electrons. The van der Waals surface area contributed by atoms with Crippen molar-refractivity contribution in [1.82, 2.24) is 9.97 Å². The summed E-state index contributed by atoms with van der Waals surface area (Å²) < 4.78 is 5.90. The van der Waals surface area contributed by atoms with Gasteiger partial charge in [0.15, 0.2) is 6.61 Å². The van der Waals surface area contributed by atoms with Crippen LogP contribution in [0.2, 0.25) is 0 Å². The molecule has 1 aromatic heterocycles. The van der Waals surface area contributed by atoms with E-state index in [0.29, 0.717) is 16.7 Å². The number of fused-ring (bicyclic) bond motifs is 1. The van der Waals surface area contributed by atoms with Crippen molar-refractivity contribution in [2.24, 2.45) is 0 Å². The third-order valence-corrected chi connectivity index (χ3v) is 3.95. The SMILES string of the molecule is O=C(COC(=O)Cc1ccc(Br)cc1)Nc1ccc2[nH]c(=O)[nH]c2c1. The van der Waals surface area contributed by atoms with E-state index in [-0.39, 0.29) is 18.7 Å². The molecule has 25 heavy (non-hydrogen) atoms. The number of anilines is 1. The van der Waals surface area contributed by atoms with Crippen LogP contribution >= 0.6 is 15.9 Å². The number of aromatic amines is 2. The zero-order valence-electron chi connectivity index (χ0n) is 13.0. The molecule has 7 nitrogen and oxygen atoms in total. The molecule has 1 amide bonds.